The highest BCUT2D eigenvalue weighted by atomic mass is 19.4. The summed E-state index contributed by atoms with van der Waals surface area (Å²) < 4.78 is 54.7. The number of hydrogen-bond donors (Lipinski definition) is 0. The van der Waals surface area contributed by atoms with E-state index >= 15 is 0 Å². The maximum atomic E-state index is 13.5. The fourth-order valence-corrected chi connectivity index (χ4v) is 5.14. The number of aromatic nitrogens is 2. The summed E-state index contributed by atoms with van der Waals surface area (Å²) in [7, 11) is 0. The molecule has 2 aliphatic rings. The molecule has 0 radical (unpaired) electrons. The van der Waals surface area contributed by atoms with Gasteiger partial charge in [0.25, 0.3) is 0 Å². The molecule has 1 saturated heterocycles. The Morgan fingerprint density at radius 3 is 2.57 bits per heavy atom. The van der Waals surface area contributed by atoms with Crippen molar-refractivity contribution in [2.45, 2.75) is 44.3 Å². The van der Waals surface area contributed by atoms with E-state index < -0.39 is 18.0 Å². The Balaban J connectivity index is 1.29. The molecule has 0 bridgehead atoms. The lowest BCUT2D eigenvalue weighted by molar-refractivity contribution is -0.201. The van der Waals surface area contributed by atoms with Crippen molar-refractivity contribution >= 4 is 11.3 Å². The largest absolute Gasteiger partial charge is 0.417 e. The second-order valence-corrected chi connectivity index (χ2v) is 9.20. The van der Waals surface area contributed by atoms with E-state index in [1.807, 2.05) is 48.4 Å². The van der Waals surface area contributed by atoms with Crippen LogP contribution in [0.5, 0.6) is 0 Å². The summed E-state index contributed by atoms with van der Waals surface area (Å²) >= 11 is 0. The summed E-state index contributed by atoms with van der Waals surface area (Å²) in [6.45, 7) is 3.42. The zero-order chi connectivity index (χ0) is 26.0. The van der Waals surface area contributed by atoms with E-state index in [1.54, 1.807) is 18.5 Å². The number of nitrogens with zero attached hydrogens (tertiary/aromatic N) is 4. The number of halogens is 3. The summed E-state index contributed by atoms with van der Waals surface area (Å²) in [5, 5.41) is 9.13. The van der Waals surface area contributed by atoms with Gasteiger partial charge in [0.1, 0.15) is 0 Å². The van der Waals surface area contributed by atoms with Crippen molar-refractivity contribution in [3.05, 3.63) is 89.5 Å². The standard InChI is InChI=1S/C28H27F3N4O2/c1-2-34(23-11-9-21(14-32)25(13-23)28(29,30)31)22-10-8-20(12-22)26-15-33-18-35(26)24-16-36-27(37-17-24)19-6-4-3-5-7-19/h3-9,11,13,15,18,22,24,27H,2,10,12,16-17H2,1H3. The molecule has 6 nitrogen and oxygen atoms in total. The minimum atomic E-state index is -4.59. The Hall–Kier alpha value is -3.61. The highest BCUT2D eigenvalue weighted by Crippen LogP contribution is 2.38. The van der Waals surface area contributed by atoms with E-state index in [0.717, 1.165) is 22.9 Å². The lowest BCUT2D eigenvalue weighted by Gasteiger charge is -2.32. The van der Waals surface area contributed by atoms with E-state index in [0.29, 0.717) is 38.3 Å². The van der Waals surface area contributed by atoms with E-state index in [2.05, 4.69) is 15.6 Å². The zero-order valence-corrected chi connectivity index (χ0v) is 20.4. The van der Waals surface area contributed by atoms with Crippen LogP contribution in [0.15, 0.2) is 67.1 Å². The Labute approximate surface area is 213 Å². The first kappa shape index (κ1) is 25.1. The Morgan fingerprint density at radius 1 is 1.14 bits per heavy atom. The molecule has 1 fully saturated rings. The van der Waals surface area contributed by atoms with Gasteiger partial charge in [0.05, 0.1) is 54.7 Å². The van der Waals surface area contributed by atoms with Gasteiger partial charge in [-0.15, -0.1) is 0 Å². The number of rotatable bonds is 6. The molecule has 1 aromatic heterocycles. The van der Waals surface area contributed by atoms with Gasteiger partial charge in [0, 0.05) is 23.8 Å². The van der Waals surface area contributed by atoms with Crippen LogP contribution < -0.4 is 4.90 Å². The SMILES string of the molecule is CCN(c1ccc(C#N)c(C(F)(F)F)c1)C1CC=C(c2cncn2C2COC(c3ccccc3)OC2)C1. The van der Waals surface area contributed by atoms with E-state index in [1.165, 1.54) is 6.07 Å². The van der Waals surface area contributed by atoms with Crippen LogP contribution in [0.3, 0.4) is 0 Å². The molecule has 0 amide bonds. The van der Waals surface area contributed by atoms with Gasteiger partial charge in [-0.2, -0.15) is 18.4 Å². The maximum absolute atomic E-state index is 13.5. The average molecular weight is 509 g/mol. The quantitative estimate of drug-likeness (QED) is 0.401. The van der Waals surface area contributed by atoms with Crippen LogP contribution in [0.1, 0.15) is 54.5 Å². The number of benzene rings is 2. The fourth-order valence-electron chi connectivity index (χ4n) is 5.14. The third kappa shape index (κ3) is 5.13. The Morgan fingerprint density at radius 2 is 1.89 bits per heavy atom. The molecule has 1 atom stereocenters. The number of alkyl halides is 3. The minimum absolute atomic E-state index is 0.00122. The van der Waals surface area contributed by atoms with Crippen molar-refractivity contribution in [3.8, 4) is 6.07 Å². The van der Waals surface area contributed by atoms with E-state index in [-0.39, 0.29) is 17.6 Å². The number of hydrogen-bond acceptors (Lipinski definition) is 5. The molecule has 0 saturated carbocycles. The van der Waals surface area contributed by atoms with E-state index in [4.69, 9.17) is 14.7 Å². The molecule has 0 spiro atoms. The van der Waals surface area contributed by atoms with E-state index in [9.17, 15) is 13.2 Å². The first-order chi connectivity index (χ1) is 17.9. The summed E-state index contributed by atoms with van der Waals surface area (Å²) in [5.41, 5.74) is 2.22. The van der Waals surface area contributed by atoms with Crippen molar-refractivity contribution in [1.82, 2.24) is 9.55 Å². The van der Waals surface area contributed by atoms with Crippen LogP contribution in [0, 0.1) is 11.3 Å². The van der Waals surface area contributed by atoms with Crippen molar-refractivity contribution < 1.29 is 22.6 Å². The van der Waals surface area contributed by atoms with Crippen molar-refractivity contribution in [1.29, 1.82) is 5.26 Å². The molecule has 3 aromatic rings. The number of ether oxygens (including phenoxy) is 2. The monoisotopic (exact) mass is 508 g/mol. The topological polar surface area (TPSA) is 63.3 Å². The molecule has 5 rings (SSSR count). The number of nitriles is 1. The fraction of sp³-hybridized carbons (Fsp3) is 0.357. The van der Waals surface area contributed by atoms with Gasteiger partial charge in [-0.1, -0.05) is 36.4 Å². The van der Waals surface area contributed by atoms with Crippen LogP contribution in [0.25, 0.3) is 5.57 Å². The molecule has 2 heterocycles. The van der Waals surface area contributed by atoms with Crippen LogP contribution in [-0.4, -0.2) is 35.4 Å². The first-order valence-electron chi connectivity index (χ1n) is 12.3. The van der Waals surface area contributed by atoms with Gasteiger partial charge in [-0.3, -0.25) is 0 Å². The van der Waals surface area contributed by atoms with Crippen molar-refractivity contribution in [2.75, 3.05) is 24.7 Å². The predicted molar refractivity (Wildman–Crippen MR) is 133 cm³/mol. The van der Waals surface area contributed by atoms with Gasteiger partial charge < -0.3 is 18.9 Å². The summed E-state index contributed by atoms with van der Waals surface area (Å²) in [6.07, 6.45) is 2.11. The molecular weight excluding hydrogens is 481 g/mol. The number of imidazole rings is 1. The molecule has 0 N–H and O–H groups in total. The molecule has 192 valence electrons. The summed E-state index contributed by atoms with van der Waals surface area (Å²) in [5.74, 6) is 0. The molecule has 1 aliphatic carbocycles. The Kier molecular flexibility index (Phi) is 7.04. The molecule has 1 unspecified atom stereocenters. The maximum Gasteiger partial charge on any atom is 0.417 e. The average Bonchev–Trinajstić information content (AvgIpc) is 3.59. The van der Waals surface area contributed by atoms with Crippen LogP contribution >= 0.6 is 0 Å². The molecule has 9 heteroatoms. The minimum Gasteiger partial charge on any atom is -0.368 e. The van der Waals surface area contributed by atoms with Crippen LogP contribution in [0.2, 0.25) is 0 Å². The molecule has 2 aromatic carbocycles. The first-order valence-corrected chi connectivity index (χ1v) is 12.3. The van der Waals surface area contributed by atoms with Gasteiger partial charge in [0.2, 0.25) is 0 Å². The van der Waals surface area contributed by atoms with Gasteiger partial charge in [-0.05, 0) is 43.5 Å². The smallest absolute Gasteiger partial charge is 0.368 e. The lowest BCUT2D eigenvalue weighted by Crippen LogP contribution is -2.34. The van der Waals surface area contributed by atoms with Gasteiger partial charge in [0.15, 0.2) is 6.29 Å². The second-order valence-electron chi connectivity index (χ2n) is 9.20. The predicted octanol–water partition coefficient (Wildman–Crippen LogP) is 6.13. The lowest BCUT2D eigenvalue weighted by atomic mass is 10.0. The number of anilines is 1. The summed E-state index contributed by atoms with van der Waals surface area (Å²) in [6, 6.07) is 15.4. The van der Waals surface area contributed by atoms with Gasteiger partial charge >= 0.3 is 6.18 Å². The molecule has 37 heavy (non-hydrogen) atoms. The third-order valence-electron chi connectivity index (χ3n) is 6.97. The normalized spacial score (nSPS) is 21.9. The second kappa shape index (κ2) is 10.4. The van der Waals surface area contributed by atoms with Crippen molar-refractivity contribution in [2.24, 2.45) is 0 Å². The molecule has 1 aliphatic heterocycles. The van der Waals surface area contributed by atoms with Crippen LogP contribution in [0.4, 0.5) is 18.9 Å². The van der Waals surface area contributed by atoms with Crippen molar-refractivity contribution in [3.63, 3.8) is 0 Å². The highest BCUT2D eigenvalue weighted by Gasteiger charge is 2.35. The summed E-state index contributed by atoms with van der Waals surface area (Å²) in [4.78, 5) is 6.34. The zero-order valence-electron chi connectivity index (χ0n) is 20.4. The Bertz CT molecular complexity index is 1300. The highest BCUT2D eigenvalue weighted by molar-refractivity contribution is 5.67. The third-order valence-corrected chi connectivity index (χ3v) is 6.97. The van der Waals surface area contributed by atoms with Crippen LogP contribution in [-0.2, 0) is 15.7 Å². The molecular formula is C28H27F3N4O2. The van der Waals surface area contributed by atoms with Gasteiger partial charge in [-0.25, -0.2) is 4.98 Å².